The van der Waals surface area contributed by atoms with Gasteiger partial charge < -0.3 is 20.9 Å². The lowest BCUT2D eigenvalue weighted by molar-refractivity contribution is -0.120. The van der Waals surface area contributed by atoms with Crippen LogP contribution in [0.3, 0.4) is 0 Å². The molecule has 0 unspecified atom stereocenters. The van der Waals surface area contributed by atoms with Gasteiger partial charge in [-0.25, -0.2) is 13.8 Å². The number of carbonyl (C=O) groups excluding carboxylic acids is 1. The van der Waals surface area contributed by atoms with Crippen LogP contribution in [0.1, 0.15) is 22.3 Å². The molecule has 4 N–H and O–H groups in total. The molecule has 0 saturated heterocycles. The van der Waals surface area contributed by atoms with E-state index in [4.69, 9.17) is 5.73 Å². The highest BCUT2D eigenvalue weighted by molar-refractivity contribution is 7.98. The summed E-state index contributed by atoms with van der Waals surface area (Å²) in [5.74, 6) is -1.33. The van der Waals surface area contributed by atoms with E-state index in [0.717, 1.165) is 11.8 Å². The zero-order chi connectivity index (χ0) is 28.0. The van der Waals surface area contributed by atoms with Crippen molar-refractivity contribution in [1.29, 1.82) is 5.26 Å². The molecule has 1 spiro atoms. The summed E-state index contributed by atoms with van der Waals surface area (Å²) in [6, 6.07) is 21.0. The first-order chi connectivity index (χ1) is 19.3. The number of thioether (sulfide) groups is 1. The van der Waals surface area contributed by atoms with E-state index in [1.807, 2.05) is 6.07 Å². The van der Waals surface area contributed by atoms with Crippen molar-refractivity contribution in [1.82, 2.24) is 9.97 Å². The molecule has 1 atom stereocenters. The number of anilines is 2. The molecular weight excluding hydrogens is 534 g/mol. The third-order valence-electron chi connectivity index (χ3n) is 7.00. The molecule has 0 saturated carbocycles. The summed E-state index contributed by atoms with van der Waals surface area (Å²) in [5, 5.41) is 13.2. The van der Waals surface area contributed by atoms with Crippen molar-refractivity contribution >= 4 is 29.2 Å². The van der Waals surface area contributed by atoms with E-state index in [0.29, 0.717) is 22.4 Å². The second-order valence-electron chi connectivity index (χ2n) is 9.29. The van der Waals surface area contributed by atoms with Crippen LogP contribution in [-0.2, 0) is 22.5 Å². The Morgan fingerprint density at radius 1 is 1.05 bits per heavy atom. The van der Waals surface area contributed by atoms with Gasteiger partial charge in [0.15, 0.2) is 5.16 Å². The highest BCUT2D eigenvalue weighted by Gasteiger charge is 2.60. The molecule has 6 rings (SSSR count). The van der Waals surface area contributed by atoms with Gasteiger partial charge in [0.05, 0.1) is 17.7 Å². The molecule has 0 radical (unpaired) electrons. The number of H-pyrrole nitrogens is 1. The summed E-state index contributed by atoms with van der Waals surface area (Å²) < 4.78 is 28.1. The normalized spacial score (nSPS) is 17.4. The van der Waals surface area contributed by atoms with Crippen molar-refractivity contribution in [3.63, 3.8) is 0 Å². The maximum Gasteiger partial charge on any atom is 0.258 e. The minimum atomic E-state index is -1.88. The van der Waals surface area contributed by atoms with Crippen molar-refractivity contribution in [2.45, 2.75) is 22.9 Å². The quantitative estimate of drug-likeness (QED) is 0.248. The number of benzene rings is 3. The van der Waals surface area contributed by atoms with E-state index >= 15 is 0 Å². The van der Waals surface area contributed by atoms with Gasteiger partial charge in [0.1, 0.15) is 34.8 Å². The second kappa shape index (κ2) is 9.66. The molecule has 11 heteroatoms. The molecule has 1 aromatic heterocycles. The Balaban J connectivity index is 1.50. The van der Waals surface area contributed by atoms with Gasteiger partial charge in [-0.1, -0.05) is 60.3 Å². The number of amides is 1. The average Bonchev–Trinajstić information content (AvgIpc) is 3.16. The number of nitrogens with zero attached hydrogens (tertiary/aromatic N) is 3. The number of fused-ring (bicyclic) bond motifs is 4. The summed E-state index contributed by atoms with van der Waals surface area (Å²) >= 11 is 1.10. The molecule has 40 heavy (non-hydrogen) atoms. The average molecular weight is 555 g/mol. The predicted molar refractivity (Wildman–Crippen MR) is 146 cm³/mol. The van der Waals surface area contributed by atoms with E-state index in [1.54, 1.807) is 54.6 Å². The Bertz CT molecular complexity index is 1830. The summed E-state index contributed by atoms with van der Waals surface area (Å²) in [5.41, 5.74) is 5.36. The first kappa shape index (κ1) is 25.3. The Hall–Kier alpha value is -4.95. The van der Waals surface area contributed by atoms with Gasteiger partial charge in [-0.15, -0.1) is 0 Å². The lowest BCUT2D eigenvalue weighted by Gasteiger charge is -2.34. The Morgan fingerprint density at radius 3 is 2.60 bits per heavy atom. The van der Waals surface area contributed by atoms with Crippen molar-refractivity contribution < 1.29 is 13.6 Å². The van der Waals surface area contributed by atoms with Gasteiger partial charge >= 0.3 is 0 Å². The first-order valence-corrected chi connectivity index (χ1v) is 13.2. The fraction of sp³-hybridized carbons (Fsp3) is 0.103. The molecule has 1 amide bonds. The number of carbonyl (C=O) groups is 1. The van der Waals surface area contributed by atoms with Crippen LogP contribution in [0, 0.1) is 23.0 Å². The minimum absolute atomic E-state index is 0.00135. The van der Waals surface area contributed by atoms with Gasteiger partial charge in [-0.3, -0.25) is 9.59 Å². The first-order valence-electron chi connectivity index (χ1n) is 12.2. The summed E-state index contributed by atoms with van der Waals surface area (Å²) in [4.78, 5) is 36.8. The van der Waals surface area contributed by atoms with E-state index in [9.17, 15) is 23.6 Å². The van der Waals surface area contributed by atoms with Gasteiger partial charge in [-0.05, 0) is 35.4 Å². The molecule has 0 bridgehead atoms. The van der Waals surface area contributed by atoms with E-state index in [-0.39, 0.29) is 46.0 Å². The van der Waals surface area contributed by atoms with Crippen molar-refractivity contribution in [2.75, 3.05) is 10.2 Å². The van der Waals surface area contributed by atoms with Crippen LogP contribution in [0.5, 0.6) is 0 Å². The number of hydrogen-bond acceptors (Lipinski definition) is 7. The number of halogens is 2. The fourth-order valence-corrected chi connectivity index (χ4v) is 6.14. The monoisotopic (exact) mass is 554 g/mol. The summed E-state index contributed by atoms with van der Waals surface area (Å²) in [6.45, 7) is -0.00135. The van der Waals surface area contributed by atoms with Gasteiger partial charge in [0.2, 0.25) is 5.91 Å². The van der Waals surface area contributed by atoms with E-state index in [2.05, 4.69) is 15.3 Å². The number of aromatic amines is 1. The zero-order valence-electron chi connectivity index (χ0n) is 20.7. The second-order valence-corrected chi connectivity index (χ2v) is 10.3. The van der Waals surface area contributed by atoms with Crippen LogP contribution in [0.15, 0.2) is 94.1 Å². The summed E-state index contributed by atoms with van der Waals surface area (Å²) in [7, 11) is 0. The number of hydrogen-bond donors (Lipinski definition) is 3. The highest BCUT2D eigenvalue weighted by Crippen LogP contribution is 2.53. The molecule has 2 aliphatic heterocycles. The topological polar surface area (TPSA) is 128 Å². The Labute approximate surface area is 231 Å². The number of rotatable bonds is 5. The summed E-state index contributed by atoms with van der Waals surface area (Å²) in [6.07, 6.45) is 0. The van der Waals surface area contributed by atoms with Crippen LogP contribution < -0.4 is 21.5 Å². The lowest BCUT2D eigenvalue weighted by atomic mass is 9.69. The maximum atomic E-state index is 14.4. The number of para-hydroxylation sites is 1. The van der Waals surface area contributed by atoms with Crippen LogP contribution in [0.2, 0.25) is 0 Å². The number of aromatic nitrogens is 2. The van der Waals surface area contributed by atoms with E-state index in [1.165, 1.54) is 23.1 Å². The number of nitriles is 1. The standard InChI is InChI=1S/C29H20F2N6O2S/c30-18-8-5-6-16(12-18)14-37-22-11-4-2-9-19(22)29(27(37)39)20(13-32)24(33)34-25-23(29)26(38)36-28(35-25)40-15-17-7-1-3-10-21(17)31/h1-12H,14-15,33H2,(H2,34,35,36,38)/t29-/m1/s1. The molecule has 2 aliphatic rings. The SMILES string of the molecule is N#CC1=C(N)Nc2nc(SCc3ccccc3F)[nH]c(=O)c2[C@]12C(=O)N(Cc1cccc(F)c1)c1ccccc12. The van der Waals surface area contributed by atoms with E-state index < -0.39 is 22.7 Å². The molecule has 0 aliphatic carbocycles. The minimum Gasteiger partial charge on any atom is -0.384 e. The van der Waals surface area contributed by atoms with Crippen LogP contribution in [-0.4, -0.2) is 15.9 Å². The van der Waals surface area contributed by atoms with Crippen LogP contribution >= 0.6 is 11.8 Å². The van der Waals surface area contributed by atoms with Crippen molar-refractivity contribution in [2.24, 2.45) is 5.73 Å². The Morgan fingerprint density at radius 2 is 1.82 bits per heavy atom. The van der Waals surface area contributed by atoms with Crippen LogP contribution in [0.25, 0.3) is 0 Å². The maximum absolute atomic E-state index is 14.4. The van der Waals surface area contributed by atoms with Gasteiger partial charge in [0, 0.05) is 17.0 Å². The van der Waals surface area contributed by atoms with Gasteiger partial charge in [-0.2, -0.15) is 5.26 Å². The molecule has 198 valence electrons. The van der Waals surface area contributed by atoms with Crippen molar-refractivity contribution in [3.8, 4) is 6.07 Å². The molecule has 4 aromatic rings. The molecule has 0 fully saturated rings. The highest BCUT2D eigenvalue weighted by atomic mass is 32.2. The predicted octanol–water partition coefficient (Wildman–Crippen LogP) is 4.29. The smallest absolute Gasteiger partial charge is 0.258 e. The van der Waals surface area contributed by atoms with Gasteiger partial charge in [0.25, 0.3) is 5.56 Å². The lowest BCUT2D eigenvalue weighted by Crippen LogP contribution is -2.49. The largest absolute Gasteiger partial charge is 0.384 e. The third-order valence-corrected chi connectivity index (χ3v) is 7.92. The number of nitrogens with two attached hydrogens (primary N) is 1. The molecular formula is C29H20F2N6O2S. The Kier molecular flexibility index (Phi) is 6.12. The molecule has 3 heterocycles. The van der Waals surface area contributed by atoms with Crippen molar-refractivity contribution in [3.05, 3.63) is 128 Å². The number of nitrogens with one attached hydrogen (secondary N) is 2. The van der Waals surface area contributed by atoms with Crippen LogP contribution in [0.4, 0.5) is 20.3 Å². The molecule has 3 aromatic carbocycles. The zero-order valence-corrected chi connectivity index (χ0v) is 21.6. The fourth-order valence-electron chi connectivity index (χ4n) is 5.29. The molecule has 8 nitrogen and oxygen atoms in total. The third kappa shape index (κ3) is 3.84.